The fraction of sp³-hybridized carbons (Fsp3) is 0.200. The molecule has 0 fully saturated rings. The average Bonchev–Trinajstić information content (AvgIpc) is 3.38. The Labute approximate surface area is 156 Å². The molecule has 0 atom stereocenters. The molecule has 0 spiro atoms. The number of hydrogen-bond acceptors (Lipinski definition) is 4. The summed E-state index contributed by atoms with van der Waals surface area (Å²) < 4.78 is 12.4. The van der Waals surface area contributed by atoms with E-state index < -0.39 is 0 Å². The van der Waals surface area contributed by atoms with Gasteiger partial charge in [0.1, 0.15) is 0 Å². The van der Waals surface area contributed by atoms with Gasteiger partial charge in [-0.1, -0.05) is 18.2 Å². The van der Waals surface area contributed by atoms with Crippen molar-refractivity contribution in [1.82, 2.24) is 20.4 Å². The van der Waals surface area contributed by atoms with Gasteiger partial charge in [0.25, 0.3) is 0 Å². The maximum absolute atomic E-state index is 12.0. The number of carbonyl (C=O) groups excluding carboxylic acids is 1. The van der Waals surface area contributed by atoms with E-state index in [0.717, 1.165) is 29.0 Å². The summed E-state index contributed by atoms with van der Waals surface area (Å²) >= 11 is 0. The Morgan fingerprint density at radius 3 is 2.67 bits per heavy atom. The van der Waals surface area contributed by atoms with Gasteiger partial charge in [0.15, 0.2) is 11.5 Å². The lowest BCUT2D eigenvalue weighted by atomic mass is 10.1. The smallest absolute Gasteiger partial charge is 0.315 e. The van der Waals surface area contributed by atoms with Crippen molar-refractivity contribution in [1.29, 1.82) is 0 Å². The van der Waals surface area contributed by atoms with E-state index in [-0.39, 0.29) is 12.8 Å². The number of rotatable bonds is 6. The van der Waals surface area contributed by atoms with E-state index in [0.29, 0.717) is 18.8 Å². The Bertz CT molecular complexity index is 907. The quantitative estimate of drug-likeness (QED) is 0.705. The van der Waals surface area contributed by atoms with Crippen molar-refractivity contribution >= 4 is 6.03 Å². The maximum atomic E-state index is 12.0. The van der Waals surface area contributed by atoms with E-state index >= 15 is 0 Å². The van der Waals surface area contributed by atoms with Gasteiger partial charge in [-0.2, -0.15) is 5.10 Å². The van der Waals surface area contributed by atoms with Crippen molar-refractivity contribution in [2.24, 2.45) is 0 Å². The van der Waals surface area contributed by atoms with Crippen molar-refractivity contribution < 1.29 is 14.3 Å². The number of benzene rings is 2. The lowest BCUT2D eigenvalue weighted by molar-refractivity contribution is 0.174. The Morgan fingerprint density at radius 1 is 1.04 bits per heavy atom. The second-order valence-corrected chi connectivity index (χ2v) is 6.16. The molecule has 7 heteroatoms. The topological polar surface area (TPSA) is 77.4 Å². The van der Waals surface area contributed by atoms with Gasteiger partial charge in [0.2, 0.25) is 6.79 Å². The van der Waals surface area contributed by atoms with Crippen LogP contribution in [0.5, 0.6) is 11.5 Å². The zero-order chi connectivity index (χ0) is 18.5. The number of nitrogens with one attached hydrogen (secondary N) is 2. The number of hydrogen-bond donors (Lipinski definition) is 2. The number of aromatic nitrogens is 2. The number of nitrogens with zero attached hydrogens (tertiary/aromatic N) is 2. The van der Waals surface area contributed by atoms with Gasteiger partial charge in [0, 0.05) is 25.5 Å². The van der Waals surface area contributed by atoms with Gasteiger partial charge in [-0.05, 0) is 47.9 Å². The highest BCUT2D eigenvalue weighted by Gasteiger charge is 2.13. The Morgan fingerprint density at radius 2 is 1.85 bits per heavy atom. The predicted molar refractivity (Wildman–Crippen MR) is 100 cm³/mol. The molecule has 138 valence electrons. The molecule has 3 aromatic rings. The monoisotopic (exact) mass is 364 g/mol. The van der Waals surface area contributed by atoms with Crippen molar-refractivity contribution in [2.45, 2.75) is 13.0 Å². The first-order valence-corrected chi connectivity index (χ1v) is 8.77. The molecular formula is C20H20N4O3. The minimum Gasteiger partial charge on any atom is -0.454 e. The van der Waals surface area contributed by atoms with Crippen LogP contribution in [0.3, 0.4) is 0 Å². The van der Waals surface area contributed by atoms with E-state index in [9.17, 15) is 4.79 Å². The molecule has 2 aromatic carbocycles. The van der Waals surface area contributed by atoms with E-state index in [1.165, 1.54) is 0 Å². The first-order valence-electron chi connectivity index (χ1n) is 8.77. The second-order valence-electron chi connectivity index (χ2n) is 6.16. The van der Waals surface area contributed by atoms with Gasteiger partial charge < -0.3 is 20.1 Å². The van der Waals surface area contributed by atoms with Crippen LogP contribution in [0.1, 0.15) is 11.1 Å². The summed E-state index contributed by atoms with van der Waals surface area (Å²) in [4.78, 5) is 12.0. The highest BCUT2D eigenvalue weighted by molar-refractivity contribution is 5.73. The van der Waals surface area contributed by atoms with Crippen LogP contribution in [0, 0.1) is 0 Å². The molecule has 1 aliphatic heterocycles. The zero-order valence-corrected chi connectivity index (χ0v) is 14.7. The average molecular weight is 364 g/mol. The lowest BCUT2D eigenvalue weighted by Gasteiger charge is -2.09. The molecule has 7 nitrogen and oxygen atoms in total. The molecular weight excluding hydrogens is 344 g/mol. The van der Waals surface area contributed by atoms with Crippen molar-refractivity contribution in [3.05, 3.63) is 72.1 Å². The first-order chi connectivity index (χ1) is 13.3. The molecule has 0 unspecified atom stereocenters. The van der Waals surface area contributed by atoms with Crippen LogP contribution < -0.4 is 20.1 Å². The molecule has 2 heterocycles. The molecule has 0 bridgehead atoms. The highest BCUT2D eigenvalue weighted by atomic mass is 16.7. The highest BCUT2D eigenvalue weighted by Crippen LogP contribution is 2.32. The lowest BCUT2D eigenvalue weighted by Crippen LogP contribution is -2.36. The van der Waals surface area contributed by atoms with Crippen LogP contribution in [0.2, 0.25) is 0 Å². The van der Waals surface area contributed by atoms with Gasteiger partial charge >= 0.3 is 6.03 Å². The zero-order valence-electron chi connectivity index (χ0n) is 14.7. The van der Waals surface area contributed by atoms with Crippen LogP contribution >= 0.6 is 0 Å². The summed E-state index contributed by atoms with van der Waals surface area (Å²) in [5, 5.41) is 9.92. The molecule has 1 aromatic heterocycles. The number of fused-ring (bicyclic) bond motifs is 1. The fourth-order valence-electron chi connectivity index (χ4n) is 2.85. The van der Waals surface area contributed by atoms with Crippen LogP contribution in [-0.2, 0) is 13.0 Å². The molecule has 2 amide bonds. The minimum atomic E-state index is -0.194. The number of ether oxygens (including phenoxy) is 2. The molecule has 27 heavy (non-hydrogen) atoms. The molecule has 0 radical (unpaired) electrons. The van der Waals surface area contributed by atoms with Crippen LogP contribution in [0.4, 0.5) is 4.79 Å². The van der Waals surface area contributed by atoms with Gasteiger partial charge in [0.05, 0.1) is 5.69 Å². The molecule has 4 rings (SSSR count). The van der Waals surface area contributed by atoms with Crippen molar-refractivity contribution in [3.8, 4) is 17.2 Å². The fourth-order valence-corrected chi connectivity index (χ4v) is 2.85. The molecule has 0 saturated carbocycles. The Balaban J connectivity index is 1.20. The van der Waals surface area contributed by atoms with Gasteiger partial charge in [-0.25, -0.2) is 9.48 Å². The number of carbonyl (C=O) groups is 1. The van der Waals surface area contributed by atoms with E-state index in [1.807, 2.05) is 59.4 Å². The van der Waals surface area contributed by atoms with Crippen molar-refractivity contribution in [2.75, 3.05) is 13.3 Å². The maximum Gasteiger partial charge on any atom is 0.315 e. The van der Waals surface area contributed by atoms with E-state index in [1.54, 1.807) is 6.20 Å². The van der Waals surface area contributed by atoms with Crippen LogP contribution in [-0.4, -0.2) is 29.1 Å². The molecule has 1 aliphatic rings. The van der Waals surface area contributed by atoms with Crippen molar-refractivity contribution in [3.63, 3.8) is 0 Å². The molecule has 0 saturated heterocycles. The predicted octanol–water partition coefficient (Wildman–Crippen LogP) is 2.64. The Kier molecular flexibility index (Phi) is 4.91. The summed E-state index contributed by atoms with van der Waals surface area (Å²) in [6.07, 6.45) is 4.41. The Hall–Kier alpha value is -3.48. The number of urea groups is 1. The third-order valence-corrected chi connectivity index (χ3v) is 4.29. The summed E-state index contributed by atoms with van der Waals surface area (Å²) in [5.41, 5.74) is 3.13. The largest absolute Gasteiger partial charge is 0.454 e. The SMILES string of the molecule is O=C(NCCc1ccc(-n2cccn2)cc1)NCc1ccc2c(c1)OCO2. The third kappa shape index (κ3) is 4.20. The normalized spacial score (nSPS) is 12.0. The van der Waals surface area contributed by atoms with Gasteiger partial charge in [-0.15, -0.1) is 0 Å². The second kappa shape index (κ2) is 7.82. The van der Waals surface area contributed by atoms with E-state index in [2.05, 4.69) is 15.7 Å². The summed E-state index contributed by atoms with van der Waals surface area (Å²) in [5.74, 6) is 1.45. The first kappa shape index (κ1) is 17.0. The van der Waals surface area contributed by atoms with Crippen LogP contribution in [0.25, 0.3) is 5.69 Å². The molecule has 2 N–H and O–H groups in total. The third-order valence-electron chi connectivity index (χ3n) is 4.29. The number of amides is 2. The van der Waals surface area contributed by atoms with E-state index in [4.69, 9.17) is 9.47 Å². The summed E-state index contributed by atoms with van der Waals surface area (Å²) in [7, 11) is 0. The summed E-state index contributed by atoms with van der Waals surface area (Å²) in [6.45, 7) is 1.24. The minimum absolute atomic E-state index is 0.194. The summed E-state index contributed by atoms with van der Waals surface area (Å²) in [6, 6.07) is 15.5. The standard InChI is InChI=1S/C20H20N4O3/c25-20(22-13-16-4-7-18-19(12-16)27-14-26-18)21-10-8-15-2-5-17(6-3-15)24-11-1-9-23-24/h1-7,9,11-12H,8,10,13-14H2,(H2,21,22,25). The van der Waals surface area contributed by atoms with Crippen LogP contribution in [0.15, 0.2) is 60.9 Å². The van der Waals surface area contributed by atoms with Gasteiger partial charge in [-0.3, -0.25) is 0 Å². The molecule has 0 aliphatic carbocycles.